The number of carbonyl (C=O) groups is 1. The lowest BCUT2D eigenvalue weighted by molar-refractivity contribution is -0.124. The first-order valence-corrected chi connectivity index (χ1v) is 8.09. The number of nitrogens with zero attached hydrogens (tertiary/aromatic N) is 4. The summed E-state index contributed by atoms with van der Waals surface area (Å²) in [7, 11) is 0. The molecule has 2 N–H and O–H groups in total. The summed E-state index contributed by atoms with van der Waals surface area (Å²) in [5.41, 5.74) is 0. The van der Waals surface area contributed by atoms with Gasteiger partial charge >= 0.3 is 0 Å². The van der Waals surface area contributed by atoms with Gasteiger partial charge in [0, 0.05) is 38.2 Å². The average Bonchev–Trinajstić information content (AvgIpc) is 3.22. The zero-order valence-corrected chi connectivity index (χ0v) is 14.0. The quantitative estimate of drug-likeness (QED) is 0.763. The summed E-state index contributed by atoms with van der Waals surface area (Å²) < 4.78 is 7.13. The molecule has 1 amide bonds. The Balaban J connectivity index is 1.54. The van der Waals surface area contributed by atoms with Crippen LogP contribution in [0.1, 0.15) is 18.1 Å². The molecule has 2 aromatic rings. The van der Waals surface area contributed by atoms with E-state index in [0.29, 0.717) is 32.1 Å². The van der Waals surface area contributed by atoms with Crippen LogP contribution in [0.3, 0.4) is 0 Å². The summed E-state index contributed by atoms with van der Waals surface area (Å²) in [6.07, 6.45) is 4.41. The van der Waals surface area contributed by atoms with Crippen LogP contribution in [0.25, 0.3) is 5.82 Å². The van der Waals surface area contributed by atoms with Crippen LogP contribution in [-0.2, 0) is 9.53 Å². The Kier molecular flexibility index (Phi) is 5.05. The van der Waals surface area contributed by atoms with Gasteiger partial charge in [-0.05, 0) is 20.3 Å². The van der Waals surface area contributed by atoms with Gasteiger partial charge in [0.15, 0.2) is 0 Å². The minimum absolute atomic E-state index is 0.0119. The molecule has 8 heteroatoms. The van der Waals surface area contributed by atoms with Crippen molar-refractivity contribution in [3.63, 3.8) is 0 Å². The summed E-state index contributed by atoms with van der Waals surface area (Å²) in [6, 6.07) is 1.87. The van der Waals surface area contributed by atoms with Crippen molar-refractivity contribution < 1.29 is 9.53 Å². The van der Waals surface area contributed by atoms with Crippen molar-refractivity contribution >= 4 is 11.7 Å². The standard InChI is InChI=1S/C16H22N6O2/c1-11-20-14(9-15(21-11)22-7-6-17-12(22)2)18-4-5-19-16(23)13-3-8-24-10-13/h6-7,9,13H,3-5,8,10H2,1-2H3,(H,19,23)(H,18,20,21)/t13-/m0/s1. The monoisotopic (exact) mass is 330 g/mol. The molecule has 0 bridgehead atoms. The fourth-order valence-corrected chi connectivity index (χ4v) is 2.65. The normalized spacial score (nSPS) is 17.0. The molecule has 1 fully saturated rings. The minimum Gasteiger partial charge on any atom is -0.381 e. The highest BCUT2D eigenvalue weighted by Crippen LogP contribution is 2.13. The van der Waals surface area contributed by atoms with Gasteiger partial charge in [-0.15, -0.1) is 0 Å². The molecule has 0 saturated carbocycles. The molecule has 0 aromatic carbocycles. The molecule has 0 unspecified atom stereocenters. The molecular formula is C16H22N6O2. The van der Waals surface area contributed by atoms with E-state index in [-0.39, 0.29) is 11.8 Å². The highest BCUT2D eigenvalue weighted by molar-refractivity contribution is 5.79. The number of ether oxygens (including phenoxy) is 1. The van der Waals surface area contributed by atoms with E-state index in [1.165, 1.54) is 0 Å². The summed E-state index contributed by atoms with van der Waals surface area (Å²) in [6.45, 7) is 6.11. The highest BCUT2D eigenvalue weighted by Gasteiger charge is 2.22. The number of rotatable bonds is 6. The third-order valence-electron chi connectivity index (χ3n) is 3.93. The molecule has 2 aromatic heterocycles. The number of nitrogens with one attached hydrogen (secondary N) is 2. The zero-order chi connectivity index (χ0) is 16.9. The fraction of sp³-hybridized carbons (Fsp3) is 0.500. The average molecular weight is 330 g/mol. The number of anilines is 1. The molecule has 0 aliphatic carbocycles. The van der Waals surface area contributed by atoms with Crippen LogP contribution in [0.5, 0.6) is 0 Å². The number of carbonyl (C=O) groups excluding carboxylic acids is 1. The van der Waals surface area contributed by atoms with Crippen LogP contribution in [-0.4, -0.2) is 51.7 Å². The van der Waals surface area contributed by atoms with Gasteiger partial charge in [-0.2, -0.15) is 0 Å². The number of amides is 1. The third kappa shape index (κ3) is 3.88. The number of hydrogen-bond acceptors (Lipinski definition) is 6. The molecule has 1 aliphatic rings. The fourth-order valence-electron chi connectivity index (χ4n) is 2.65. The maximum atomic E-state index is 11.9. The van der Waals surface area contributed by atoms with E-state index >= 15 is 0 Å². The maximum Gasteiger partial charge on any atom is 0.225 e. The van der Waals surface area contributed by atoms with Crippen molar-refractivity contribution in [3.05, 3.63) is 30.1 Å². The van der Waals surface area contributed by atoms with Crippen LogP contribution in [0.2, 0.25) is 0 Å². The van der Waals surface area contributed by atoms with Gasteiger partial charge in [-0.1, -0.05) is 0 Å². The highest BCUT2D eigenvalue weighted by atomic mass is 16.5. The molecule has 8 nitrogen and oxygen atoms in total. The summed E-state index contributed by atoms with van der Waals surface area (Å²) in [5.74, 6) is 3.08. The van der Waals surface area contributed by atoms with E-state index < -0.39 is 0 Å². The topological polar surface area (TPSA) is 94.0 Å². The second-order valence-corrected chi connectivity index (χ2v) is 5.78. The van der Waals surface area contributed by atoms with Gasteiger partial charge in [0.25, 0.3) is 0 Å². The number of imidazole rings is 1. The molecule has 3 rings (SSSR count). The Morgan fingerprint density at radius 1 is 1.38 bits per heavy atom. The van der Waals surface area contributed by atoms with Crippen LogP contribution < -0.4 is 10.6 Å². The predicted molar refractivity (Wildman–Crippen MR) is 89.1 cm³/mol. The summed E-state index contributed by atoms with van der Waals surface area (Å²) in [5, 5.41) is 6.14. The molecule has 1 saturated heterocycles. The van der Waals surface area contributed by atoms with Crippen LogP contribution in [0.15, 0.2) is 18.5 Å². The molecule has 128 valence electrons. The molecule has 1 aliphatic heterocycles. The Morgan fingerprint density at radius 2 is 2.25 bits per heavy atom. The molecule has 0 radical (unpaired) electrons. The Labute approximate surface area is 140 Å². The van der Waals surface area contributed by atoms with E-state index in [0.717, 1.165) is 23.9 Å². The van der Waals surface area contributed by atoms with E-state index in [1.807, 2.05) is 30.7 Å². The molecule has 3 heterocycles. The van der Waals surface area contributed by atoms with Crippen LogP contribution in [0.4, 0.5) is 5.82 Å². The van der Waals surface area contributed by atoms with Crippen molar-refractivity contribution in [2.24, 2.45) is 5.92 Å². The van der Waals surface area contributed by atoms with Crippen molar-refractivity contribution in [3.8, 4) is 5.82 Å². The smallest absolute Gasteiger partial charge is 0.225 e. The first-order valence-electron chi connectivity index (χ1n) is 8.09. The lowest BCUT2D eigenvalue weighted by atomic mass is 10.1. The van der Waals surface area contributed by atoms with E-state index in [4.69, 9.17) is 4.74 Å². The number of hydrogen-bond donors (Lipinski definition) is 2. The SMILES string of the molecule is Cc1nc(NCCNC(=O)[C@H]2CCOC2)cc(-n2ccnc2C)n1. The second-order valence-electron chi connectivity index (χ2n) is 5.78. The van der Waals surface area contributed by atoms with Crippen LogP contribution >= 0.6 is 0 Å². The van der Waals surface area contributed by atoms with E-state index in [2.05, 4.69) is 25.6 Å². The first kappa shape index (κ1) is 16.4. The lowest BCUT2D eigenvalue weighted by Crippen LogP contribution is -2.34. The Bertz CT molecular complexity index is 708. The minimum atomic E-state index is -0.0119. The molecule has 0 spiro atoms. The summed E-state index contributed by atoms with van der Waals surface area (Å²) >= 11 is 0. The van der Waals surface area contributed by atoms with Gasteiger partial charge in [0.2, 0.25) is 5.91 Å². The second kappa shape index (κ2) is 7.39. The van der Waals surface area contributed by atoms with Crippen molar-refractivity contribution in [1.29, 1.82) is 0 Å². The first-order chi connectivity index (χ1) is 11.6. The molecule has 1 atom stereocenters. The number of aromatic nitrogens is 4. The maximum absolute atomic E-state index is 11.9. The van der Waals surface area contributed by atoms with Crippen molar-refractivity contribution in [1.82, 2.24) is 24.8 Å². The summed E-state index contributed by atoms with van der Waals surface area (Å²) in [4.78, 5) is 24.9. The van der Waals surface area contributed by atoms with E-state index in [1.54, 1.807) is 6.20 Å². The van der Waals surface area contributed by atoms with Gasteiger partial charge < -0.3 is 15.4 Å². The van der Waals surface area contributed by atoms with E-state index in [9.17, 15) is 4.79 Å². The van der Waals surface area contributed by atoms with Gasteiger partial charge in [0.05, 0.1) is 12.5 Å². The van der Waals surface area contributed by atoms with Crippen molar-refractivity contribution in [2.75, 3.05) is 31.6 Å². The van der Waals surface area contributed by atoms with Crippen molar-refractivity contribution in [2.45, 2.75) is 20.3 Å². The van der Waals surface area contributed by atoms with Gasteiger partial charge in [0.1, 0.15) is 23.3 Å². The van der Waals surface area contributed by atoms with Crippen LogP contribution in [0, 0.1) is 19.8 Å². The largest absolute Gasteiger partial charge is 0.381 e. The molecular weight excluding hydrogens is 308 g/mol. The third-order valence-corrected chi connectivity index (χ3v) is 3.93. The molecule has 24 heavy (non-hydrogen) atoms. The zero-order valence-electron chi connectivity index (χ0n) is 14.0. The Morgan fingerprint density at radius 3 is 2.96 bits per heavy atom. The Hall–Kier alpha value is -2.48. The predicted octanol–water partition coefficient (Wildman–Crippen LogP) is 0.844. The number of aryl methyl sites for hydroxylation is 2. The van der Waals surface area contributed by atoms with Gasteiger partial charge in [-0.3, -0.25) is 9.36 Å². The lowest BCUT2D eigenvalue weighted by Gasteiger charge is -2.12. The van der Waals surface area contributed by atoms with Gasteiger partial charge in [-0.25, -0.2) is 15.0 Å².